The van der Waals surface area contributed by atoms with Crippen molar-refractivity contribution < 1.29 is 9.21 Å². The van der Waals surface area contributed by atoms with Crippen LogP contribution in [0.5, 0.6) is 0 Å². The number of hydrogen-bond donors (Lipinski definition) is 1. The molecule has 1 aliphatic heterocycles. The average molecular weight is 291 g/mol. The van der Waals surface area contributed by atoms with E-state index < -0.39 is 0 Å². The fraction of sp³-hybridized carbons (Fsp3) is 0.562. The molecule has 5 nitrogen and oxygen atoms in total. The fourth-order valence-electron chi connectivity index (χ4n) is 2.33. The maximum atomic E-state index is 11.7. The minimum Gasteiger partial charge on any atom is -0.459 e. The maximum Gasteiger partial charge on any atom is 0.287 e. The standard InChI is InChI=1S/C16H25N3O2/c1-14(2)5-7-18-9-11-19(12-10-18)8-6-17-16(20)15-4-3-13-21-15/h3-5,13H,6-12H2,1-2H3,(H,17,20). The summed E-state index contributed by atoms with van der Waals surface area (Å²) in [6, 6.07) is 3.40. The number of rotatable bonds is 6. The zero-order valence-corrected chi connectivity index (χ0v) is 13.0. The first kappa shape index (κ1) is 15.8. The molecule has 1 aliphatic rings. The summed E-state index contributed by atoms with van der Waals surface area (Å²) in [5, 5.41) is 2.89. The van der Waals surface area contributed by atoms with Crippen LogP contribution >= 0.6 is 0 Å². The van der Waals surface area contributed by atoms with Crippen LogP contribution in [0.15, 0.2) is 34.5 Å². The van der Waals surface area contributed by atoms with E-state index in [1.54, 1.807) is 12.1 Å². The second-order valence-corrected chi connectivity index (χ2v) is 5.66. The number of piperazine rings is 1. The minimum atomic E-state index is -0.137. The van der Waals surface area contributed by atoms with Gasteiger partial charge in [0, 0.05) is 45.8 Å². The Bertz CT molecular complexity index is 456. The highest BCUT2D eigenvalue weighted by Crippen LogP contribution is 2.03. The van der Waals surface area contributed by atoms with Gasteiger partial charge in [0.25, 0.3) is 5.91 Å². The van der Waals surface area contributed by atoms with Gasteiger partial charge in [-0.25, -0.2) is 0 Å². The number of carbonyl (C=O) groups is 1. The number of carbonyl (C=O) groups excluding carboxylic acids is 1. The van der Waals surface area contributed by atoms with Gasteiger partial charge < -0.3 is 9.73 Å². The lowest BCUT2D eigenvalue weighted by atomic mass is 10.2. The van der Waals surface area contributed by atoms with Gasteiger partial charge >= 0.3 is 0 Å². The Morgan fingerprint density at radius 3 is 2.62 bits per heavy atom. The van der Waals surface area contributed by atoms with Gasteiger partial charge in [0.05, 0.1) is 6.26 Å². The van der Waals surface area contributed by atoms with Crippen LogP contribution in [0, 0.1) is 0 Å². The van der Waals surface area contributed by atoms with Crippen LogP contribution in [0.3, 0.4) is 0 Å². The number of hydrogen-bond acceptors (Lipinski definition) is 4. The van der Waals surface area contributed by atoms with Gasteiger partial charge in [0.15, 0.2) is 5.76 Å². The molecule has 21 heavy (non-hydrogen) atoms. The van der Waals surface area contributed by atoms with E-state index in [-0.39, 0.29) is 5.91 Å². The third-order valence-electron chi connectivity index (χ3n) is 3.68. The minimum absolute atomic E-state index is 0.137. The summed E-state index contributed by atoms with van der Waals surface area (Å²) in [6.07, 6.45) is 3.79. The predicted molar refractivity (Wildman–Crippen MR) is 83.4 cm³/mol. The van der Waals surface area contributed by atoms with E-state index in [1.165, 1.54) is 11.8 Å². The van der Waals surface area contributed by atoms with Crippen molar-refractivity contribution in [3.8, 4) is 0 Å². The number of furan rings is 1. The smallest absolute Gasteiger partial charge is 0.287 e. The highest BCUT2D eigenvalue weighted by Gasteiger charge is 2.16. The molecule has 2 heterocycles. The molecule has 0 atom stereocenters. The third-order valence-corrected chi connectivity index (χ3v) is 3.68. The zero-order valence-electron chi connectivity index (χ0n) is 13.0. The van der Waals surface area contributed by atoms with Crippen LogP contribution in [-0.4, -0.2) is 61.5 Å². The summed E-state index contributed by atoms with van der Waals surface area (Å²) in [5.74, 6) is 0.240. The summed E-state index contributed by atoms with van der Waals surface area (Å²) in [5.41, 5.74) is 1.37. The molecule has 116 valence electrons. The van der Waals surface area contributed by atoms with Crippen LogP contribution in [-0.2, 0) is 0 Å². The quantitative estimate of drug-likeness (QED) is 0.809. The van der Waals surface area contributed by atoms with Gasteiger partial charge in [-0.2, -0.15) is 0 Å². The Morgan fingerprint density at radius 1 is 1.29 bits per heavy atom. The van der Waals surface area contributed by atoms with E-state index >= 15 is 0 Å². The van der Waals surface area contributed by atoms with E-state index in [1.807, 2.05) is 0 Å². The summed E-state index contributed by atoms with van der Waals surface area (Å²) in [7, 11) is 0. The molecule has 1 fully saturated rings. The molecule has 1 amide bonds. The Labute approximate surface area is 126 Å². The van der Waals surface area contributed by atoms with E-state index in [4.69, 9.17) is 4.42 Å². The highest BCUT2D eigenvalue weighted by atomic mass is 16.3. The van der Waals surface area contributed by atoms with E-state index in [2.05, 4.69) is 35.0 Å². The van der Waals surface area contributed by atoms with Crippen molar-refractivity contribution in [1.29, 1.82) is 0 Å². The van der Waals surface area contributed by atoms with E-state index in [0.717, 1.165) is 39.3 Å². The molecule has 0 unspecified atom stereocenters. The van der Waals surface area contributed by atoms with Gasteiger partial charge in [-0.05, 0) is 26.0 Å². The van der Waals surface area contributed by atoms with Crippen LogP contribution in [0.25, 0.3) is 0 Å². The van der Waals surface area contributed by atoms with Crippen LogP contribution in [0.4, 0.5) is 0 Å². The molecular formula is C16H25N3O2. The molecule has 1 aromatic rings. The topological polar surface area (TPSA) is 48.7 Å². The highest BCUT2D eigenvalue weighted by molar-refractivity contribution is 5.91. The monoisotopic (exact) mass is 291 g/mol. The van der Waals surface area contributed by atoms with E-state index in [0.29, 0.717) is 12.3 Å². The Morgan fingerprint density at radius 2 is 2.00 bits per heavy atom. The summed E-state index contributed by atoms with van der Waals surface area (Å²) >= 11 is 0. The SMILES string of the molecule is CC(C)=CCN1CCN(CCNC(=O)c2ccco2)CC1. The Balaban J connectivity index is 1.61. The first-order valence-electron chi connectivity index (χ1n) is 7.55. The van der Waals surface area contributed by atoms with Gasteiger partial charge in [-0.15, -0.1) is 0 Å². The van der Waals surface area contributed by atoms with Crippen molar-refractivity contribution in [3.05, 3.63) is 35.8 Å². The van der Waals surface area contributed by atoms with Gasteiger partial charge in [0.1, 0.15) is 0 Å². The number of nitrogens with one attached hydrogen (secondary N) is 1. The third kappa shape index (κ3) is 5.36. The molecule has 1 N–H and O–H groups in total. The average Bonchev–Trinajstić information content (AvgIpc) is 3.00. The molecule has 1 saturated heterocycles. The van der Waals surface area contributed by atoms with Gasteiger partial charge in [0.2, 0.25) is 0 Å². The fourth-order valence-corrected chi connectivity index (χ4v) is 2.33. The molecule has 1 aromatic heterocycles. The Hall–Kier alpha value is -1.59. The molecule has 0 spiro atoms. The van der Waals surface area contributed by atoms with Crippen molar-refractivity contribution in [2.75, 3.05) is 45.8 Å². The number of amides is 1. The van der Waals surface area contributed by atoms with Crippen molar-refractivity contribution in [1.82, 2.24) is 15.1 Å². The lowest BCUT2D eigenvalue weighted by Crippen LogP contribution is -2.48. The zero-order chi connectivity index (χ0) is 15.1. The molecule has 5 heteroatoms. The molecule has 0 aliphatic carbocycles. The summed E-state index contributed by atoms with van der Waals surface area (Å²) in [6.45, 7) is 11.2. The van der Waals surface area contributed by atoms with Crippen molar-refractivity contribution >= 4 is 5.91 Å². The second-order valence-electron chi connectivity index (χ2n) is 5.66. The van der Waals surface area contributed by atoms with Crippen molar-refractivity contribution in [2.24, 2.45) is 0 Å². The van der Waals surface area contributed by atoms with Crippen LogP contribution < -0.4 is 5.32 Å². The maximum absolute atomic E-state index is 11.7. The number of allylic oxidation sites excluding steroid dienone is 1. The summed E-state index contributed by atoms with van der Waals surface area (Å²) in [4.78, 5) is 16.6. The molecular weight excluding hydrogens is 266 g/mol. The first-order chi connectivity index (χ1) is 10.1. The summed E-state index contributed by atoms with van der Waals surface area (Å²) < 4.78 is 5.06. The van der Waals surface area contributed by atoms with Gasteiger partial charge in [-0.3, -0.25) is 14.6 Å². The second kappa shape index (κ2) is 8.00. The normalized spacial score (nSPS) is 16.7. The van der Waals surface area contributed by atoms with Gasteiger partial charge in [-0.1, -0.05) is 11.6 Å². The molecule has 0 aromatic carbocycles. The van der Waals surface area contributed by atoms with Crippen LogP contribution in [0.1, 0.15) is 24.4 Å². The van der Waals surface area contributed by atoms with Crippen LogP contribution in [0.2, 0.25) is 0 Å². The van der Waals surface area contributed by atoms with Crippen molar-refractivity contribution in [2.45, 2.75) is 13.8 Å². The largest absolute Gasteiger partial charge is 0.459 e. The number of nitrogens with zero attached hydrogens (tertiary/aromatic N) is 2. The molecule has 0 bridgehead atoms. The lowest BCUT2D eigenvalue weighted by molar-refractivity contribution is 0.0912. The molecule has 0 saturated carbocycles. The van der Waals surface area contributed by atoms with E-state index in [9.17, 15) is 4.79 Å². The Kier molecular flexibility index (Phi) is 6.02. The van der Waals surface area contributed by atoms with Crippen molar-refractivity contribution in [3.63, 3.8) is 0 Å². The molecule has 2 rings (SSSR count). The molecule has 0 radical (unpaired) electrons. The lowest BCUT2D eigenvalue weighted by Gasteiger charge is -2.34. The predicted octanol–water partition coefficient (Wildman–Crippen LogP) is 1.59. The first-order valence-corrected chi connectivity index (χ1v) is 7.55.